The molecule has 0 spiro atoms. The number of carbonyl (C=O) groups excluding carboxylic acids is 1. The first-order valence-corrected chi connectivity index (χ1v) is 6.66. The molecule has 0 aromatic carbocycles. The topological polar surface area (TPSA) is 70.5 Å². The molecule has 1 N–H and O–H groups in total. The number of carboxylic acid groups (broad SMARTS) is 1. The lowest BCUT2D eigenvalue weighted by atomic mass is 10.2. The number of unbranched alkanes of at least 4 members (excludes halogenated alkanes) is 2. The minimum Gasteiger partial charge on any atom is -0.478 e. The number of aromatic nitrogens is 1. The van der Waals surface area contributed by atoms with Gasteiger partial charge in [-0.1, -0.05) is 0 Å². The lowest BCUT2D eigenvalue weighted by molar-refractivity contribution is -0.118. The van der Waals surface area contributed by atoms with Crippen molar-refractivity contribution < 1.29 is 14.7 Å². The zero-order valence-electron chi connectivity index (χ0n) is 11.0. The van der Waals surface area contributed by atoms with E-state index in [9.17, 15) is 9.59 Å². The number of hydrogen-bond acceptors (Lipinski definition) is 4. The molecule has 0 bridgehead atoms. The maximum atomic E-state index is 12.0. The monoisotopic (exact) mass is 280 g/mol. The highest BCUT2D eigenvalue weighted by Gasteiger charge is 2.23. The van der Waals surface area contributed by atoms with E-state index in [0.29, 0.717) is 30.0 Å². The number of carbonyl (C=O) groups is 2. The van der Waals surface area contributed by atoms with Crippen molar-refractivity contribution in [3.8, 4) is 12.3 Å². The van der Waals surface area contributed by atoms with Crippen molar-refractivity contribution in [3.05, 3.63) is 11.3 Å². The Morgan fingerprint density at radius 2 is 2.16 bits per heavy atom. The third kappa shape index (κ3) is 3.80. The molecule has 19 heavy (non-hydrogen) atoms. The zero-order chi connectivity index (χ0) is 14.4. The summed E-state index contributed by atoms with van der Waals surface area (Å²) >= 11 is 1.03. The van der Waals surface area contributed by atoms with Crippen LogP contribution in [-0.4, -0.2) is 28.4 Å². The molecule has 1 rings (SSSR count). The van der Waals surface area contributed by atoms with Crippen LogP contribution in [0.25, 0.3) is 0 Å². The molecule has 5 nitrogen and oxygen atoms in total. The second kappa shape index (κ2) is 6.90. The molecule has 0 saturated carbocycles. The van der Waals surface area contributed by atoms with E-state index in [-0.39, 0.29) is 11.5 Å². The van der Waals surface area contributed by atoms with Gasteiger partial charge in [0.15, 0.2) is 0 Å². The van der Waals surface area contributed by atoms with Crippen molar-refractivity contribution in [1.29, 1.82) is 0 Å². The van der Waals surface area contributed by atoms with Gasteiger partial charge in [0.1, 0.15) is 10.6 Å². The zero-order valence-corrected chi connectivity index (χ0v) is 11.8. The molecule has 0 saturated heterocycles. The quantitative estimate of drug-likeness (QED) is 0.641. The van der Waals surface area contributed by atoms with Gasteiger partial charge in [-0.15, -0.1) is 12.3 Å². The van der Waals surface area contributed by atoms with Crippen molar-refractivity contribution in [3.63, 3.8) is 0 Å². The van der Waals surface area contributed by atoms with Crippen molar-refractivity contribution in [1.82, 2.24) is 4.37 Å². The average Bonchev–Trinajstić information content (AvgIpc) is 2.75. The summed E-state index contributed by atoms with van der Waals surface area (Å²) < 4.78 is 3.99. The molecule has 1 heterocycles. The van der Waals surface area contributed by atoms with E-state index in [1.165, 1.54) is 4.90 Å². The Morgan fingerprint density at radius 3 is 2.74 bits per heavy atom. The Morgan fingerprint density at radius 1 is 1.47 bits per heavy atom. The van der Waals surface area contributed by atoms with E-state index in [2.05, 4.69) is 10.3 Å². The van der Waals surface area contributed by atoms with E-state index < -0.39 is 5.97 Å². The first-order chi connectivity index (χ1) is 8.99. The van der Waals surface area contributed by atoms with Gasteiger partial charge in [0.2, 0.25) is 5.91 Å². The fourth-order valence-corrected chi connectivity index (χ4v) is 2.48. The van der Waals surface area contributed by atoms with Crippen LogP contribution >= 0.6 is 11.5 Å². The summed E-state index contributed by atoms with van der Waals surface area (Å²) in [6.45, 7) is 1.62. The van der Waals surface area contributed by atoms with Crippen LogP contribution in [0.2, 0.25) is 0 Å². The Kier molecular flexibility index (Phi) is 5.52. The molecule has 102 valence electrons. The highest BCUT2D eigenvalue weighted by Crippen LogP contribution is 2.28. The van der Waals surface area contributed by atoms with Crippen LogP contribution in [0.5, 0.6) is 0 Å². The molecule has 0 aliphatic rings. The summed E-state index contributed by atoms with van der Waals surface area (Å²) in [5.74, 6) is 1.34. The highest BCUT2D eigenvalue weighted by molar-refractivity contribution is 7.11. The molecular formula is C13H16N2O3S. The second-order valence-corrected chi connectivity index (χ2v) is 4.87. The number of nitrogens with zero attached hydrogens (tertiary/aromatic N) is 2. The molecule has 0 unspecified atom stereocenters. The van der Waals surface area contributed by atoms with Crippen LogP contribution in [-0.2, 0) is 4.79 Å². The third-order valence-electron chi connectivity index (χ3n) is 2.70. The Hall–Kier alpha value is -1.87. The summed E-state index contributed by atoms with van der Waals surface area (Å²) in [4.78, 5) is 24.5. The molecule has 1 amide bonds. The summed E-state index contributed by atoms with van der Waals surface area (Å²) in [6, 6.07) is 0. The fourth-order valence-electron chi connectivity index (χ4n) is 1.62. The van der Waals surface area contributed by atoms with E-state index in [0.717, 1.165) is 18.0 Å². The normalized spacial score (nSPS) is 9.95. The number of amides is 1. The summed E-state index contributed by atoms with van der Waals surface area (Å²) in [5.41, 5.74) is 0.531. The number of aromatic carboxylic acids is 1. The Balaban J connectivity index is 2.72. The number of terminal acetylenes is 1. The van der Waals surface area contributed by atoms with Crippen LogP contribution in [0.4, 0.5) is 5.00 Å². The lowest BCUT2D eigenvalue weighted by Crippen LogP contribution is -2.26. The molecular weight excluding hydrogens is 264 g/mol. The Labute approximate surface area is 116 Å². The van der Waals surface area contributed by atoms with E-state index in [1.807, 2.05) is 0 Å². The van der Waals surface area contributed by atoms with E-state index >= 15 is 0 Å². The first kappa shape index (κ1) is 15.2. The van der Waals surface area contributed by atoms with Gasteiger partial charge in [0.05, 0.1) is 5.69 Å². The van der Waals surface area contributed by atoms with Crippen molar-refractivity contribution in [2.75, 3.05) is 11.9 Å². The van der Waals surface area contributed by atoms with Gasteiger partial charge in [-0.25, -0.2) is 4.79 Å². The molecule has 0 radical (unpaired) electrons. The van der Waals surface area contributed by atoms with Gasteiger partial charge in [-0.3, -0.25) is 4.79 Å². The average molecular weight is 280 g/mol. The number of rotatable bonds is 6. The molecule has 1 aromatic rings. The SMILES string of the molecule is C#CCCCCC(=O)N(C)c1snc(C)c1C(=O)O. The maximum Gasteiger partial charge on any atom is 0.340 e. The summed E-state index contributed by atoms with van der Waals surface area (Å²) in [5, 5.41) is 9.50. The predicted octanol–water partition coefficient (Wildman–Crippen LogP) is 2.31. The smallest absolute Gasteiger partial charge is 0.340 e. The summed E-state index contributed by atoms with van der Waals surface area (Å²) in [6.07, 6.45) is 7.64. The van der Waals surface area contributed by atoms with Crippen LogP contribution in [0.3, 0.4) is 0 Å². The van der Waals surface area contributed by atoms with Crippen LogP contribution in [0.1, 0.15) is 41.7 Å². The van der Waals surface area contributed by atoms with Crippen molar-refractivity contribution in [2.45, 2.75) is 32.6 Å². The molecule has 1 aromatic heterocycles. The highest BCUT2D eigenvalue weighted by atomic mass is 32.1. The van der Waals surface area contributed by atoms with Crippen LogP contribution < -0.4 is 4.90 Å². The number of anilines is 1. The van der Waals surface area contributed by atoms with Gasteiger partial charge < -0.3 is 10.0 Å². The third-order valence-corrected chi connectivity index (χ3v) is 3.72. The number of aryl methyl sites for hydroxylation is 1. The van der Waals surface area contributed by atoms with Gasteiger partial charge in [-0.05, 0) is 31.3 Å². The molecule has 0 aliphatic heterocycles. The van der Waals surface area contributed by atoms with Gasteiger partial charge in [-0.2, -0.15) is 4.37 Å². The molecule has 6 heteroatoms. The molecule has 0 aliphatic carbocycles. The minimum absolute atomic E-state index is 0.101. The Bertz CT molecular complexity index is 516. The predicted molar refractivity (Wildman–Crippen MR) is 74.5 cm³/mol. The van der Waals surface area contributed by atoms with Gasteiger partial charge in [0.25, 0.3) is 0 Å². The fraction of sp³-hybridized carbons (Fsp3) is 0.462. The summed E-state index contributed by atoms with van der Waals surface area (Å²) in [7, 11) is 1.57. The lowest BCUT2D eigenvalue weighted by Gasteiger charge is -2.15. The van der Waals surface area contributed by atoms with Gasteiger partial charge in [0, 0.05) is 19.9 Å². The molecule has 0 atom stereocenters. The van der Waals surface area contributed by atoms with Crippen LogP contribution in [0.15, 0.2) is 0 Å². The van der Waals surface area contributed by atoms with Gasteiger partial charge >= 0.3 is 5.97 Å². The maximum absolute atomic E-state index is 12.0. The number of carboxylic acids is 1. The molecule has 0 fully saturated rings. The van der Waals surface area contributed by atoms with E-state index in [4.69, 9.17) is 11.5 Å². The second-order valence-electron chi connectivity index (χ2n) is 4.12. The van der Waals surface area contributed by atoms with E-state index in [1.54, 1.807) is 14.0 Å². The number of hydrogen-bond donors (Lipinski definition) is 1. The standard InChI is InChI=1S/C13H16N2O3S/c1-4-5-6-7-8-10(16)15(3)12-11(13(17)18)9(2)14-19-12/h1H,5-8H2,2-3H3,(H,17,18). The largest absolute Gasteiger partial charge is 0.478 e. The van der Waals surface area contributed by atoms with Crippen molar-refractivity contribution in [2.24, 2.45) is 0 Å². The first-order valence-electron chi connectivity index (χ1n) is 5.88. The minimum atomic E-state index is -1.06. The van der Waals surface area contributed by atoms with Crippen LogP contribution in [0, 0.1) is 19.3 Å². The van der Waals surface area contributed by atoms with Crippen molar-refractivity contribution >= 4 is 28.4 Å².